The monoisotopic (exact) mass is 447 g/mol. The molecule has 0 saturated carbocycles. The molecule has 0 fully saturated rings. The van der Waals surface area contributed by atoms with Crippen LogP contribution in [-0.4, -0.2) is 38.5 Å². The molecular formula is C26H26ClN3O2. The molecule has 32 heavy (non-hydrogen) atoms. The van der Waals surface area contributed by atoms with Gasteiger partial charge in [0.15, 0.2) is 5.82 Å². The number of aromatic nitrogens is 2. The minimum Gasteiger partial charge on any atom is -0.480 e. The van der Waals surface area contributed by atoms with Crippen LogP contribution in [0.15, 0.2) is 54.7 Å². The van der Waals surface area contributed by atoms with Crippen molar-refractivity contribution in [2.24, 2.45) is 5.92 Å². The molecule has 0 aliphatic carbocycles. The predicted molar refractivity (Wildman–Crippen MR) is 128 cm³/mol. The van der Waals surface area contributed by atoms with Crippen LogP contribution in [0.4, 0.5) is 0 Å². The second kappa shape index (κ2) is 9.63. The summed E-state index contributed by atoms with van der Waals surface area (Å²) in [6.45, 7) is 5.15. The zero-order chi connectivity index (χ0) is 22.7. The summed E-state index contributed by atoms with van der Waals surface area (Å²) >= 11 is 5.93. The molecule has 0 saturated heterocycles. The lowest BCUT2D eigenvalue weighted by Gasteiger charge is -2.34. The van der Waals surface area contributed by atoms with Gasteiger partial charge in [0, 0.05) is 41.9 Å². The Morgan fingerprint density at radius 1 is 1.06 bits per heavy atom. The summed E-state index contributed by atoms with van der Waals surface area (Å²) in [6, 6.07) is 15.4. The van der Waals surface area contributed by atoms with Crippen LogP contribution >= 0.6 is 11.6 Å². The van der Waals surface area contributed by atoms with Crippen molar-refractivity contribution in [2.75, 3.05) is 6.54 Å². The Kier molecular flexibility index (Phi) is 6.68. The second-order valence-electron chi connectivity index (χ2n) is 8.42. The zero-order valence-corrected chi connectivity index (χ0v) is 19.0. The first-order chi connectivity index (χ1) is 15.4. The minimum absolute atomic E-state index is 0.0431. The molecule has 1 aliphatic rings. The van der Waals surface area contributed by atoms with Gasteiger partial charge in [-0.2, -0.15) is 0 Å². The lowest BCUT2D eigenvalue weighted by molar-refractivity contribution is -0.145. The molecule has 0 amide bonds. The van der Waals surface area contributed by atoms with Gasteiger partial charge >= 0.3 is 5.97 Å². The summed E-state index contributed by atoms with van der Waals surface area (Å²) in [7, 11) is 0. The van der Waals surface area contributed by atoms with E-state index in [9.17, 15) is 9.90 Å². The summed E-state index contributed by atoms with van der Waals surface area (Å²) < 4.78 is 0. The zero-order valence-electron chi connectivity index (χ0n) is 18.2. The molecular weight excluding hydrogens is 422 g/mol. The molecule has 1 aliphatic heterocycles. The second-order valence-corrected chi connectivity index (χ2v) is 8.86. The number of hydrogen-bond acceptors (Lipinski definition) is 4. The molecule has 164 valence electrons. The average molecular weight is 448 g/mol. The summed E-state index contributed by atoms with van der Waals surface area (Å²) in [5.41, 5.74) is 5.16. The van der Waals surface area contributed by atoms with E-state index in [2.05, 4.69) is 11.1 Å². The third-order valence-electron chi connectivity index (χ3n) is 5.75. The highest BCUT2D eigenvalue weighted by molar-refractivity contribution is 6.30. The molecule has 4 rings (SSSR count). The topological polar surface area (TPSA) is 66.3 Å². The summed E-state index contributed by atoms with van der Waals surface area (Å²) in [6.07, 6.45) is 6.68. The Hall–Kier alpha value is -3.02. The van der Waals surface area contributed by atoms with Crippen LogP contribution in [0, 0.1) is 5.92 Å². The van der Waals surface area contributed by atoms with Gasteiger partial charge in [-0.3, -0.25) is 9.69 Å². The number of rotatable bonds is 6. The largest absolute Gasteiger partial charge is 0.480 e. The number of fused-ring (bicyclic) bond motifs is 1. The summed E-state index contributed by atoms with van der Waals surface area (Å²) in [4.78, 5) is 23.0. The maximum atomic E-state index is 11.7. The number of carboxylic acid groups (broad SMARTS) is 1. The molecule has 1 N–H and O–H groups in total. The summed E-state index contributed by atoms with van der Waals surface area (Å²) in [5, 5.41) is 10.3. The number of halogens is 1. The van der Waals surface area contributed by atoms with E-state index >= 15 is 0 Å². The third kappa shape index (κ3) is 5.06. The number of benzene rings is 2. The number of carbonyl (C=O) groups is 1. The summed E-state index contributed by atoms with van der Waals surface area (Å²) in [5.74, 6) is -0.0308. The Morgan fingerprint density at radius 2 is 1.69 bits per heavy atom. The van der Waals surface area contributed by atoms with Crippen LogP contribution in [0.1, 0.15) is 36.2 Å². The normalized spacial score (nSPS) is 15.1. The van der Waals surface area contributed by atoms with Gasteiger partial charge in [-0.1, -0.05) is 74.0 Å². The van der Waals surface area contributed by atoms with Gasteiger partial charge in [-0.15, -0.1) is 0 Å². The van der Waals surface area contributed by atoms with Crippen molar-refractivity contribution in [3.05, 3.63) is 82.1 Å². The first-order valence-electron chi connectivity index (χ1n) is 10.8. The maximum Gasteiger partial charge on any atom is 0.321 e. The van der Waals surface area contributed by atoms with E-state index in [1.807, 2.05) is 79.6 Å². The van der Waals surface area contributed by atoms with Gasteiger partial charge in [-0.25, -0.2) is 9.97 Å². The molecule has 0 spiro atoms. The predicted octanol–water partition coefficient (Wildman–Crippen LogP) is 5.43. The Bertz CT molecular complexity index is 1120. The van der Waals surface area contributed by atoms with Crippen LogP contribution in [0.3, 0.4) is 0 Å². The van der Waals surface area contributed by atoms with E-state index in [0.717, 1.165) is 39.4 Å². The molecule has 0 radical (unpaired) electrons. The highest BCUT2D eigenvalue weighted by atomic mass is 35.5. The Morgan fingerprint density at radius 3 is 2.28 bits per heavy atom. The fourth-order valence-corrected chi connectivity index (χ4v) is 4.21. The molecule has 1 atom stereocenters. The molecule has 3 aromatic rings. The third-order valence-corrected chi connectivity index (χ3v) is 6.00. The molecule has 0 bridgehead atoms. The van der Waals surface area contributed by atoms with Crippen molar-refractivity contribution in [1.82, 2.24) is 14.9 Å². The highest BCUT2D eigenvalue weighted by Crippen LogP contribution is 2.25. The van der Waals surface area contributed by atoms with Crippen molar-refractivity contribution in [3.63, 3.8) is 0 Å². The maximum absolute atomic E-state index is 11.7. The molecule has 6 heteroatoms. The fourth-order valence-electron chi connectivity index (χ4n) is 4.09. The van der Waals surface area contributed by atoms with Gasteiger partial charge in [0.25, 0.3) is 0 Å². The highest BCUT2D eigenvalue weighted by Gasteiger charge is 2.31. The molecule has 1 unspecified atom stereocenters. The average Bonchev–Trinajstić information content (AvgIpc) is 2.78. The minimum atomic E-state index is -0.772. The van der Waals surface area contributed by atoms with Crippen LogP contribution in [0.2, 0.25) is 5.02 Å². The van der Waals surface area contributed by atoms with Gasteiger partial charge < -0.3 is 5.11 Å². The van der Waals surface area contributed by atoms with E-state index in [0.29, 0.717) is 18.9 Å². The van der Waals surface area contributed by atoms with E-state index in [4.69, 9.17) is 16.6 Å². The molecule has 5 nitrogen and oxygen atoms in total. The Labute approximate surface area is 193 Å². The van der Waals surface area contributed by atoms with E-state index in [-0.39, 0.29) is 5.92 Å². The standard InChI is InChI=1S/C26H26ClN3O2/c1-17(2)24(26(31)32)30-14-13-23-21(16-30)15-28-25(29-23)20-9-5-18(6-10-20)3-4-19-7-11-22(27)12-8-19/h3-12,15,17,24H,13-14,16H2,1-2H3,(H,31,32). The van der Waals surface area contributed by atoms with E-state index in [1.165, 1.54) is 0 Å². The SMILES string of the molecule is CC(C)C(C(=O)O)N1CCc2nc(-c3ccc(C=Cc4ccc(Cl)cc4)cc3)ncc2C1. The van der Waals surface area contributed by atoms with E-state index in [1.54, 1.807) is 0 Å². The smallest absolute Gasteiger partial charge is 0.321 e. The lowest BCUT2D eigenvalue weighted by atomic mass is 9.98. The molecule has 2 aromatic carbocycles. The first kappa shape index (κ1) is 22.2. The van der Waals surface area contributed by atoms with Crippen molar-refractivity contribution < 1.29 is 9.90 Å². The number of hydrogen-bond donors (Lipinski definition) is 1. The van der Waals surface area contributed by atoms with Gasteiger partial charge in [0.2, 0.25) is 0 Å². The van der Waals surface area contributed by atoms with Crippen molar-refractivity contribution in [1.29, 1.82) is 0 Å². The fraction of sp³-hybridized carbons (Fsp3) is 0.269. The number of carboxylic acids is 1. The molecule has 2 heterocycles. The first-order valence-corrected chi connectivity index (χ1v) is 11.1. The Balaban J connectivity index is 1.47. The van der Waals surface area contributed by atoms with Crippen molar-refractivity contribution >= 4 is 29.7 Å². The van der Waals surface area contributed by atoms with Crippen molar-refractivity contribution in [3.8, 4) is 11.4 Å². The number of aliphatic carboxylic acids is 1. The lowest BCUT2D eigenvalue weighted by Crippen LogP contribution is -2.47. The van der Waals surface area contributed by atoms with E-state index < -0.39 is 12.0 Å². The van der Waals surface area contributed by atoms with Gasteiger partial charge in [-0.05, 0) is 29.2 Å². The number of nitrogens with zero attached hydrogens (tertiary/aromatic N) is 3. The van der Waals surface area contributed by atoms with Crippen LogP contribution in [-0.2, 0) is 17.8 Å². The van der Waals surface area contributed by atoms with Crippen LogP contribution < -0.4 is 0 Å². The van der Waals surface area contributed by atoms with Gasteiger partial charge in [0.1, 0.15) is 6.04 Å². The van der Waals surface area contributed by atoms with Crippen LogP contribution in [0.25, 0.3) is 23.5 Å². The van der Waals surface area contributed by atoms with Crippen molar-refractivity contribution in [2.45, 2.75) is 32.9 Å². The van der Waals surface area contributed by atoms with Gasteiger partial charge in [0.05, 0.1) is 5.69 Å². The van der Waals surface area contributed by atoms with Crippen LogP contribution in [0.5, 0.6) is 0 Å². The quantitative estimate of drug-likeness (QED) is 0.510. The molecule has 1 aromatic heterocycles.